The normalized spacial score (nSPS) is 16.5. The molecular formula is C48H62O7S4. The van der Waals surface area contributed by atoms with Gasteiger partial charge in [0.25, 0.3) is 0 Å². The largest absolute Gasteiger partial charge is 0.506 e. The SMILES string of the molecule is CC(C)(C)c1cc2c(O)c(c1)Sc1cc(C(C)(C)C)cc3c1OCCOCCOCCOCCOc1c(cc(C(C)(C)C)cc1Sc1cc(C(C)(C)C)cc(c1O)S3)S2. The molecule has 0 spiro atoms. The summed E-state index contributed by atoms with van der Waals surface area (Å²) in [4.78, 5) is 6.40. The quantitative estimate of drug-likeness (QED) is 0.156. The highest BCUT2D eigenvalue weighted by atomic mass is 32.2. The number of fused-ring (bicyclic) bond motifs is 2. The van der Waals surface area contributed by atoms with Crippen LogP contribution < -0.4 is 9.47 Å². The summed E-state index contributed by atoms with van der Waals surface area (Å²) in [6.45, 7) is 29.5. The Morgan fingerprint density at radius 3 is 0.763 bits per heavy atom. The first-order valence-electron chi connectivity index (χ1n) is 20.4. The van der Waals surface area contributed by atoms with Crippen LogP contribution in [-0.4, -0.2) is 63.1 Å². The van der Waals surface area contributed by atoms with Gasteiger partial charge in [0.1, 0.15) is 36.2 Å². The Morgan fingerprint density at radius 2 is 0.542 bits per heavy atom. The highest BCUT2D eigenvalue weighted by Gasteiger charge is 2.29. The van der Waals surface area contributed by atoms with E-state index in [0.29, 0.717) is 64.4 Å². The van der Waals surface area contributed by atoms with Crippen molar-refractivity contribution in [2.24, 2.45) is 0 Å². The van der Waals surface area contributed by atoms with Crippen LogP contribution in [0, 0.1) is 0 Å². The molecule has 10 bridgehead atoms. The Balaban J connectivity index is 1.72. The molecule has 7 nitrogen and oxygen atoms in total. The van der Waals surface area contributed by atoms with Crippen molar-refractivity contribution in [2.45, 2.75) is 144 Å². The highest BCUT2D eigenvalue weighted by Crippen LogP contribution is 2.56. The zero-order valence-corrected chi connectivity index (χ0v) is 40.1. The predicted octanol–water partition coefficient (Wildman–Crippen LogP) is 13.0. The number of benzene rings is 4. The third kappa shape index (κ3) is 11.4. The molecule has 2 N–H and O–H groups in total. The lowest BCUT2D eigenvalue weighted by molar-refractivity contribution is 0.00450. The Labute approximate surface area is 369 Å². The highest BCUT2D eigenvalue weighted by molar-refractivity contribution is 8.01. The lowest BCUT2D eigenvalue weighted by Crippen LogP contribution is -2.16. The molecule has 0 unspecified atom stereocenters. The van der Waals surface area contributed by atoms with Crippen molar-refractivity contribution in [1.82, 2.24) is 0 Å². The van der Waals surface area contributed by atoms with E-state index in [1.165, 1.54) is 47.0 Å². The molecule has 0 radical (unpaired) electrons. The van der Waals surface area contributed by atoms with Crippen molar-refractivity contribution in [2.75, 3.05) is 52.9 Å². The molecular weight excluding hydrogens is 817 g/mol. The Morgan fingerprint density at radius 1 is 0.339 bits per heavy atom. The van der Waals surface area contributed by atoms with E-state index >= 15 is 0 Å². The average Bonchev–Trinajstić information content (AvgIpc) is 3.12. The first-order chi connectivity index (χ1) is 27.6. The van der Waals surface area contributed by atoms with Crippen molar-refractivity contribution in [1.29, 1.82) is 0 Å². The van der Waals surface area contributed by atoms with E-state index < -0.39 is 0 Å². The molecule has 59 heavy (non-hydrogen) atoms. The van der Waals surface area contributed by atoms with Crippen molar-refractivity contribution < 1.29 is 33.9 Å². The first-order valence-corrected chi connectivity index (χ1v) is 23.7. The minimum atomic E-state index is -0.214. The summed E-state index contributed by atoms with van der Waals surface area (Å²) in [5, 5.41) is 24.8. The van der Waals surface area contributed by atoms with Gasteiger partial charge in [-0.05, 0) is 92.4 Å². The molecule has 0 aliphatic carbocycles. The minimum Gasteiger partial charge on any atom is -0.506 e. The van der Waals surface area contributed by atoms with Gasteiger partial charge in [0, 0.05) is 0 Å². The summed E-state index contributed by atoms with van der Waals surface area (Å²) in [5.41, 5.74) is 3.58. The maximum absolute atomic E-state index is 12.4. The van der Waals surface area contributed by atoms with Gasteiger partial charge in [0.2, 0.25) is 0 Å². The summed E-state index contributed by atoms with van der Waals surface area (Å²) in [5.74, 6) is 1.77. The lowest BCUT2D eigenvalue weighted by atomic mass is 9.87. The average molecular weight is 879 g/mol. The molecule has 11 heteroatoms. The summed E-state index contributed by atoms with van der Waals surface area (Å²) >= 11 is 6.03. The van der Waals surface area contributed by atoms with Crippen LogP contribution in [0.25, 0.3) is 0 Å². The molecule has 0 saturated heterocycles. The van der Waals surface area contributed by atoms with Crippen molar-refractivity contribution in [3.8, 4) is 23.0 Å². The van der Waals surface area contributed by atoms with E-state index in [-0.39, 0.29) is 33.2 Å². The van der Waals surface area contributed by atoms with Crippen LogP contribution in [0.15, 0.2) is 87.7 Å². The number of phenols is 2. The number of aromatic hydroxyl groups is 2. The van der Waals surface area contributed by atoms with E-state index in [9.17, 15) is 10.2 Å². The van der Waals surface area contributed by atoms with Crippen LogP contribution >= 0.6 is 47.0 Å². The summed E-state index contributed by atoms with van der Waals surface area (Å²) in [6.07, 6.45) is 0. The number of ether oxygens (including phenoxy) is 5. The number of hydrogen-bond acceptors (Lipinski definition) is 11. The summed E-state index contributed by atoms with van der Waals surface area (Å²) in [6, 6.07) is 17.2. The van der Waals surface area contributed by atoms with Gasteiger partial charge in [-0.15, -0.1) is 0 Å². The molecule has 6 rings (SSSR count). The summed E-state index contributed by atoms with van der Waals surface area (Å²) in [7, 11) is 0. The topological polar surface area (TPSA) is 86.6 Å². The fourth-order valence-corrected chi connectivity index (χ4v) is 10.9. The van der Waals surface area contributed by atoms with Crippen molar-refractivity contribution in [3.05, 3.63) is 70.8 Å². The first kappa shape index (κ1) is 45.9. The van der Waals surface area contributed by atoms with Crippen molar-refractivity contribution >= 4 is 47.0 Å². The Bertz CT molecular complexity index is 1890. The maximum Gasteiger partial charge on any atom is 0.147 e. The molecule has 0 atom stereocenters. The lowest BCUT2D eigenvalue weighted by Gasteiger charge is -2.27. The molecule has 4 aromatic carbocycles. The van der Waals surface area contributed by atoms with Crippen LogP contribution in [0.3, 0.4) is 0 Å². The zero-order chi connectivity index (χ0) is 42.9. The number of hydrogen-bond donors (Lipinski definition) is 2. The van der Waals surface area contributed by atoms with Gasteiger partial charge >= 0.3 is 0 Å². The number of phenolic OH excluding ortho intramolecular Hbond substituents is 2. The molecule has 4 aromatic rings. The van der Waals surface area contributed by atoms with E-state index in [4.69, 9.17) is 23.7 Å². The third-order valence-electron chi connectivity index (χ3n) is 10.2. The molecule has 0 saturated carbocycles. The van der Waals surface area contributed by atoms with Gasteiger partial charge in [-0.1, -0.05) is 130 Å². The number of rotatable bonds is 0. The van der Waals surface area contributed by atoms with Crippen LogP contribution in [0.5, 0.6) is 23.0 Å². The second kappa shape index (κ2) is 18.4. The Hall–Kier alpha value is -2.64. The van der Waals surface area contributed by atoms with E-state index in [1.807, 2.05) is 0 Å². The van der Waals surface area contributed by atoms with E-state index in [2.05, 4.69) is 132 Å². The van der Waals surface area contributed by atoms with Gasteiger partial charge in [0.05, 0.1) is 78.8 Å². The second-order valence-electron chi connectivity index (χ2n) is 19.2. The molecule has 2 aliphatic heterocycles. The van der Waals surface area contributed by atoms with Crippen LogP contribution in [-0.2, 0) is 35.9 Å². The molecule has 2 aliphatic rings. The van der Waals surface area contributed by atoms with Gasteiger partial charge in [-0.3, -0.25) is 0 Å². The predicted molar refractivity (Wildman–Crippen MR) is 244 cm³/mol. The summed E-state index contributed by atoms with van der Waals surface area (Å²) < 4.78 is 31.2. The third-order valence-corrected chi connectivity index (χ3v) is 14.4. The van der Waals surface area contributed by atoms with Gasteiger partial charge in [-0.2, -0.15) is 0 Å². The molecule has 320 valence electrons. The monoisotopic (exact) mass is 878 g/mol. The van der Waals surface area contributed by atoms with Crippen LogP contribution in [0.1, 0.15) is 105 Å². The van der Waals surface area contributed by atoms with Gasteiger partial charge in [-0.25, -0.2) is 0 Å². The smallest absolute Gasteiger partial charge is 0.147 e. The van der Waals surface area contributed by atoms with Gasteiger partial charge in [0.15, 0.2) is 0 Å². The van der Waals surface area contributed by atoms with Crippen LogP contribution in [0.2, 0.25) is 0 Å². The van der Waals surface area contributed by atoms with Crippen LogP contribution in [0.4, 0.5) is 0 Å². The van der Waals surface area contributed by atoms with Crippen molar-refractivity contribution in [3.63, 3.8) is 0 Å². The molecule has 2 heterocycles. The van der Waals surface area contributed by atoms with E-state index in [1.54, 1.807) is 0 Å². The maximum atomic E-state index is 12.4. The minimum absolute atomic E-state index is 0.203. The van der Waals surface area contributed by atoms with E-state index in [0.717, 1.165) is 61.4 Å². The Kier molecular flexibility index (Phi) is 14.3. The second-order valence-corrected chi connectivity index (χ2v) is 23.5. The molecule has 0 fully saturated rings. The zero-order valence-electron chi connectivity index (χ0n) is 36.8. The van der Waals surface area contributed by atoms with Gasteiger partial charge < -0.3 is 33.9 Å². The molecule has 0 aromatic heterocycles. The molecule has 0 amide bonds. The fraction of sp³-hybridized carbons (Fsp3) is 0.500. The fourth-order valence-electron chi connectivity index (χ4n) is 6.37. The standard InChI is InChI=1S/C48H62O7S4/c1-45(2,3)29-21-33-41(49)34(22-29)57-38-26-32(48(10,11)12)28-40-44(38)55-20-18-53-16-14-51-13-15-52-17-19-54-43-37(56-33)25-31(47(7,8)9)27-39(43)58-35-23-30(46(4,5)6)24-36(59-40)42(35)50/h21-28,49-50H,13-20H2,1-12H3.